The standard InChI is InChI=1S/C18H21ClN2O2/c1-21(2)11-12-23-17-9-3-14(4-10-17)13-20-18(22)15-5-7-16(19)8-6-15/h3-10H,11-13H2,1-2H3,(H,20,22). The van der Waals surface area contributed by atoms with E-state index in [9.17, 15) is 4.79 Å². The molecule has 2 aromatic carbocycles. The van der Waals surface area contributed by atoms with Gasteiger partial charge in [0, 0.05) is 23.7 Å². The Morgan fingerprint density at radius 1 is 1.09 bits per heavy atom. The van der Waals surface area contributed by atoms with Crippen LogP contribution in [0.4, 0.5) is 0 Å². The number of hydrogen-bond acceptors (Lipinski definition) is 3. The highest BCUT2D eigenvalue weighted by Gasteiger charge is 2.05. The fourth-order valence-corrected chi connectivity index (χ4v) is 2.06. The maximum atomic E-state index is 12.0. The van der Waals surface area contributed by atoms with Gasteiger partial charge in [-0.2, -0.15) is 0 Å². The Morgan fingerprint density at radius 3 is 2.35 bits per heavy atom. The molecule has 0 saturated carbocycles. The molecule has 0 radical (unpaired) electrons. The van der Waals surface area contributed by atoms with Crippen LogP contribution in [-0.4, -0.2) is 38.1 Å². The van der Waals surface area contributed by atoms with E-state index in [1.807, 2.05) is 38.4 Å². The first-order valence-electron chi connectivity index (χ1n) is 7.45. The van der Waals surface area contributed by atoms with Crippen LogP contribution in [0.5, 0.6) is 5.75 Å². The maximum absolute atomic E-state index is 12.0. The average molecular weight is 333 g/mol. The Labute approximate surface area is 142 Å². The fourth-order valence-electron chi connectivity index (χ4n) is 1.94. The highest BCUT2D eigenvalue weighted by molar-refractivity contribution is 6.30. The number of rotatable bonds is 7. The van der Waals surface area contributed by atoms with Gasteiger partial charge in [0.15, 0.2) is 0 Å². The molecule has 1 N–H and O–H groups in total. The van der Waals surface area contributed by atoms with E-state index in [2.05, 4.69) is 10.2 Å². The molecule has 1 amide bonds. The Morgan fingerprint density at radius 2 is 1.74 bits per heavy atom. The van der Waals surface area contributed by atoms with Gasteiger partial charge in [-0.25, -0.2) is 0 Å². The summed E-state index contributed by atoms with van der Waals surface area (Å²) in [5.41, 5.74) is 1.62. The molecule has 0 bridgehead atoms. The molecule has 23 heavy (non-hydrogen) atoms. The molecule has 2 rings (SSSR count). The van der Waals surface area contributed by atoms with Crippen molar-refractivity contribution in [1.82, 2.24) is 10.2 Å². The molecule has 122 valence electrons. The van der Waals surface area contributed by atoms with Crippen LogP contribution in [-0.2, 0) is 6.54 Å². The third-order valence-electron chi connectivity index (χ3n) is 3.29. The number of carbonyl (C=O) groups excluding carboxylic acids is 1. The zero-order valence-corrected chi connectivity index (χ0v) is 14.1. The van der Waals surface area contributed by atoms with Gasteiger partial charge in [0.25, 0.3) is 5.91 Å². The smallest absolute Gasteiger partial charge is 0.251 e. The fraction of sp³-hybridized carbons (Fsp3) is 0.278. The Kier molecular flexibility index (Phi) is 6.44. The number of nitrogens with one attached hydrogen (secondary N) is 1. The molecular weight excluding hydrogens is 312 g/mol. The predicted octanol–water partition coefficient (Wildman–Crippen LogP) is 3.21. The van der Waals surface area contributed by atoms with E-state index in [1.54, 1.807) is 24.3 Å². The van der Waals surface area contributed by atoms with Crippen molar-refractivity contribution in [2.45, 2.75) is 6.54 Å². The van der Waals surface area contributed by atoms with E-state index < -0.39 is 0 Å². The van der Waals surface area contributed by atoms with E-state index in [0.29, 0.717) is 23.7 Å². The van der Waals surface area contributed by atoms with Gasteiger partial charge < -0.3 is 15.0 Å². The number of halogens is 1. The lowest BCUT2D eigenvalue weighted by molar-refractivity contribution is 0.0951. The van der Waals surface area contributed by atoms with Gasteiger partial charge in [0.1, 0.15) is 12.4 Å². The summed E-state index contributed by atoms with van der Waals surface area (Å²) < 4.78 is 5.64. The van der Waals surface area contributed by atoms with Crippen LogP contribution in [0, 0.1) is 0 Å². The van der Waals surface area contributed by atoms with Gasteiger partial charge in [-0.1, -0.05) is 23.7 Å². The number of likely N-dealkylation sites (N-methyl/N-ethyl adjacent to an activating group) is 1. The lowest BCUT2D eigenvalue weighted by Crippen LogP contribution is -2.22. The number of ether oxygens (including phenoxy) is 1. The monoisotopic (exact) mass is 332 g/mol. The molecule has 0 aliphatic carbocycles. The molecule has 0 aliphatic rings. The molecule has 0 unspecified atom stereocenters. The normalized spacial score (nSPS) is 10.6. The maximum Gasteiger partial charge on any atom is 0.251 e. The quantitative estimate of drug-likeness (QED) is 0.846. The third-order valence-corrected chi connectivity index (χ3v) is 3.54. The number of benzene rings is 2. The van der Waals surface area contributed by atoms with E-state index in [1.165, 1.54) is 0 Å². The van der Waals surface area contributed by atoms with Gasteiger partial charge in [-0.05, 0) is 56.1 Å². The minimum Gasteiger partial charge on any atom is -0.492 e. The molecule has 2 aromatic rings. The lowest BCUT2D eigenvalue weighted by Gasteiger charge is -2.11. The van der Waals surface area contributed by atoms with Crippen LogP contribution in [0.15, 0.2) is 48.5 Å². The first-order valence-corrected chi connectivity index (χ1v) is 7.82. The van der Waals surface area contributed by atoms with Crippen LogP contribution < -0.4 is 10.1 Å². The van der Waals surface area contributed by atoms with Gasteiger partial charge in [-0.15, -0.1) is 0 Å². The summed E-state index contributed by atoms with van der Waals surface area (Å²) in [6.45, 7) is 2.00. The first kappa shape index (κ1) is 17.3. The van der Waals surface area contributed by atoms with Crippen molar-refractivity contribution in [3.63, 3.8) is 0 Å². The zero-order chi connectivity index (χ0) is 16.7. The molecular formula is C18H21ClN2O2. The summed E-state index contributed by atoms with van der Waals surface area (Å²) in [7, 11) is 4.02. The van der Waals surface area contributed by atoms with Crippen molar-refractivity contribution in [3.05, 3.63) is 64.7 Å². The number of carbonyl (C=O) groups is 1. The van der Waals surface area contributed by atoms with Crippen LogP contribution >= 0.6 is 11.6 Å². The highest BCUT2D eigenvalue weighted by atomic mass is 35.5. The van der Waals surface area contributed by atoms with Crippen LogP contribution in [0.25, 0.3) is 0 Å². The number of nitrogens with zero attached hydrogens (tertiary/aromatic N) is 1. The molecule has 0 fully saturated rings. The zero-order valence-electron chi connectivity index (χ0n) is 13.4. The highest BCUT2D eigenvalue weighted by Crippen LogP contribution is 2.13. The SMILES string of the molecule is CN(C)CCOc1ccc(CNC(=O)c2ccc(Cl)cc2)cc1. The Bertz CT molecular complexity index is 624. The molecule has 4 nitrogen and oxygen atoms in total. The van der Waals surface area contributed by atoms with Crippen molar-refractivity contribution in [1.29, 1.82) is 0 Å². The van der Waals surface area contributed by atoms with Gasteiger partial charge in [0.2, 0.25) is 0 Å². The van der Waals surface area contributed by atoms with Crippen molar-refractivity contribution >= 4 is 17.5 Å². The molecule has 5 heteroatoms. The second-order valence-electron chi connectivity index (χ2n) is 5.49. The Balaban J connectivity index is 1.81. The van der Waals surface area contributed by atoms with Gasteiger partial charge in [0.05, 0.1) is 0 Å². The molecule has 0 aromatic heterocycles. The van der Waals surface area contributed by atoms with Crippen LogP contribution in [0.2, 0.25) is 5.02 Å². The number of hydrogen-bond donors (Lipinski definition) is 1. The minimum atomic E-state index is -0.118. The minimum absolute atomic E-state index is 0.118. The second-order valence-corrected chi connectivity index (χ2v) is 5.92. The summed E-state index contributed by atoms with van der Waals surface area (Å²) in [6, 6.07) is 14.6. The molecule has 0 saturated heterocycles. The average Bonchev–Trinajstić information content (AvgIpc) is 2.54. The topological polar surface area (TPSA) is 41.6 Å². The molecule has 0 aliphatic heterocycles. The molecule has 0 heterocycles. The number of amides is 1. The summed E-state index contributed by atoms with van der Waals surface area (Å²) in [5, 5.41) is 3.50. The van der Waals surface area contributed by atoms with Gasteiger partial charge >= 0.3 is 0 Å². The van der Waals surface area contributed by atoms with Gasteiger partial charge in [-0.3, -0.25) is 4.79 Å². The Hall–Kier alpha value is -2.04. The van der Waals surface area contributed by atoms with E-state index >= 15 is 0 Å². The summed E-state index contributed by atoms with van der Waals surface area (Å²) in [5.74, 6) is 0.715. The van der Waals surface area contributed by atoms with E-state index in [4.69, 9.17) is 16.3 Å². The predicted molar refractivity (Wildman–Crippen MR) is 93.1 cm³/mol. The second kappa shape index (κ2) is 8.56. The van der Waals surface area contributed by atoms with Crippen LogP contribution in [0.1, 0.15) is 15.9 Å². The third kappa shape index (κ3) is 5.93. The van der Waals surface area contributed by atoms with Crippen LogP contribution in [0.3, 0.4) is 0 Å². The van der Waals surface area contributed by atoms with Crippen molar-refractivity contribution in [3.8, 4) is 5.75 Å². The largest absolute Gasteiger partial charge is 0.492 e. The lowest BCUT2D eigenvalue weighted by atomic mass is 10.2. The summed E-state index contributed by atoms with van der Waals surface area (Å²) in [6.07, 6.45) is 0. The molecule has 0 spiro atoms. The summed E-state index contributed by atoms with van der Waals surface area (Å²) in [4.78, 5) is 14.1. The first-order chi connectivity index (χ1) is 11.0. The molecule has 0 atom stereocenters. The van der Waals surface area contributed by atoms with Crippen molar-refractivity contribution in [2.24, 2.45) is 0 Å². The van der Waals surface area contributed by atoms with E-state index in [-0.39, 0.29) is 5.91 Å². The van der Waals surface area contributed by atoms with Crippen molar-refractivity contribution < 1.29 is 9.53 Å². The van der Waals surface area contributed by atoms with E-state index in [0.717, 1.165) is 17.9 Å². The van der Waals surface area contributed by atoms with Crippen molar-refractivity contribution in [2.75, 3.05) is 27.2 Å². The summed E-state index contributed by atoms with van der Waals surface area (Å²) >= 11 is 5.81.